The van der Waals surface area contributed by atoms with E-state index < -0.39 is 6.10 Å². The van der Waals surface area contributed by atoms with Crippen molar-refractivity contribution in [3.63, 3.8) is 0 Å². The largest absolute Gasteiger partial charge is 0.487 e. The van der Waals surface area contributed by atoms with Crippen LogP contribution in [0, 0.1) is 0 Å². The first-order valence-corrected chi connectivity index (χ1v) is 9.12. The lowest BCUT2D eigenvalue weighted by Gasteiger charge is -2.35. The highest BCUT2D eigenvalue weighted by atomic mass is 16.5. The Morgan fingerprint density at radius 1 is 1.19 bits per heavy atom. The van der Waals surface area contributed by atoms with E-state index in [1.54, 1.807) is 13.3 Å². The standard InChI is InChI=1S/C21H23N3O3/c1-26-21-7-3-5-16(23-21)13-24-11-9-20(18(25)14-24)27-19-6-2-4-15-12-22-10-8-17(15)19/h2-8,10,12,18,20,25H,9,11,13-14H2,1H3/t18-,20-/m1/s1. The molecule has 1 aromatic carbocycles. The summed E-state index contributed by atoms with van der Waals surface area (Å²) >= 11 is 0. The summed E-state index contributed by atoms with van der Waals surface area (Å²) in [5.74, 6) is 1.40. The van der Waals surface area contributed by atoms with Gasteiger partial charge in [0.2, 0.25) is 5.88 Å². The van der Waals surface area contributed by atoms with Crippen molar-refractivity contribution < 1.29 is 14.6 Å². The van der Waals surface area contributed by atoms with Gasteiger partial charge in [0.15, 0.2) is 0 Å². The van der Waals surface area contributed by atoms with Gasteiger partial charge in [-0.2, -0.15) is 0 Å². The number of nitrogens with zero attached hydrogens (tertiary/aromatic N) is 3. The maximum atomic E-state index is 10.6. The maximum absolute atomic E-state index is 10.6. The molecular formula is C21H23N3O3. The Balaban J connectivity index is 1.41. The number of piperidine rings is 1. The molecule has 1 aliphatic heterocycles. The van der Waals surface area contributed by atoms with Gasteiger partial charge in [-0.15, -0.1) is 0 Å². The average Bonchev–Trinajstić information content (AvgIpc) is 2.70. The van der Waals surface area contributed by atoms with E-state index in [0.29, 0.717) is 19.0 Å². The first kappa shape index (κ1) is 17.7. The molecule has 1 N–H and O–H groups in total. The van der Waals surface area contributed by atoms with E-state index in [9.17, 15) is 5.11 Å². The van der Waals surface area contributed by atoms with E-state index in [0.717, 1.165) is 35.2 Å². The predicted molar refractivity (Wildman–Crippen MR) is 103 cm³/mol. The monoisotopic (exact) mass is 365 g/mol. The number of pyridine rings is 2. The summed E-state index contributed by atoms with van der Waals surface area (Å²) in [6, 6.07) is 13.6. The minimum absolute atomic E-state index is 0.224. The van der Waals surface area contributed by atoms with Crippen LogP contribution in [0.5, 0.6) is 11.6 Å². The van der Waals surface area contributed by atoms with Crippen LogP contribution in [0.15, 0.2) is 54.9 Å². The van der Waals surface area contributed by atoms with Gasteiger partial charge in [0.25, 0.3) is 0 Å². The zero-order valence-electron chi connectivity index (χ0n) is 15.3. The van der Waals surface area contributed by atoms with Gasteiger partial charge >= 0.3 is 0 Å². The Kier molecular flexibility index (Phi) is 5.18. The summed E-state index contributed by atoms with van der Waals surface area (Å²) in [6.45, 7) is 2.07. The third-order valence-electron chi connectivity index (χ3n) is 4.90. The molecule has 2 aromatic heterocycles. The van der Waals surface area contributed by atoms with Crippen molar-refractivity contribution in [1.82, 2.24) is 14.9 Å². The maximum Gasteiger partial charge on any atom is 0.213 e. The smallest absolute Gasteiger partial charge is 0.213 e. The molecule has 0 aliphatic carbocycles. The number of aliphatic hydroxyl groups is 1. The van der Waals surface area contributed by atoms with Crippen LogP contribution in [-0.2, 0) is 6.54 Å². The number of aliphatic hydroxyl groups excluding tert-OH is 1. The van der Waals surface area contributed by atoms with Crippen LogP contribution in [0.1, 0.15) is 12.1 Å². The molecule has 1 aliphatic rings. The molecule has 0 bridgehead atoms. The summed E-state index contributed by atoms with van der Waals surface area (Å²) in [5.41, 5.74) is 0.933. The van der Waals surface area contributed by atoms with E-state index in [2.05, 4.69) is 14.9 Å². The number of methoxy groups -OCH3 is 1. The number of ether oxygens (including phenoxy) is 2. The van der Waals surface area contributed by atoms with Gasteiger partial charge in [-0.05, 0) is 24.6 Å². The van der Waals surface area contributed by atoms with Crippen molar-refractivity contribution in [2.24, 2.45) is 0 Å². The molecular weight excluding hydrogens is 342 g/mol. The highest BCUT2D eigenvalue weighted by molar-refractivity contribution is 5.87. The number of β-amino-alcohol motifs (C(OH)–C–C–N with tert-alkyl or cyclic N) is 1. The number of rotatable bonds is 5. The minimum Gasteiger partial charge on any atom is -0.487 e. The van der Waals surface area contributed by atoms with Crippen molar-refractivity contribution in [2.45, 2.75) is 25.2 Å². The molecule has 2 atom stereocenters. The Hall–Kier alpha value is -2.70. The molecule has 140 valence electrons. The van der Waals surface area contributed by atoms with Crippen LogP contribution in [0.4, 0.5) is 0 Å². The summed E-state index contributed by atoms with van der Waals surface area (Å²) in [4.78, 5) is 10.8. The Morgan fingerprint density at radius 3 is 2.93 bits per heavy atom. The van der Waals surface area contributed by atoms with Crippen molar-refractivity contribution in [3.05, 3.63) is 60.6 Å². The van der Waals surface area contributed by atoms with Gasteiger partial charge in [-0.25, -0.2) is 4.98 Å². The topological polar surface area (TPSA) is 67.7 Å². The predicted octanol–water partition coefficient (Wildman–Crippen LogP) is 2.65. The van der Waals surface area contributed by atoms with Gasteiger partial charge < -0.3 is 14.6 Å². The SMILES string of the molecule is COc1cccc(CN2CC[C@@H](Oc3cccc4cnccc34)[C@H](O)C2)n1. The zero-order chi connectivity index (χ0) is 18.6. The number of fused-ring (bicyclic) bond motifs is 1. The quantitative estimate of drug-likeness (QED) is 0.750. The fourth-order valence-electron chi connectivity index (χ4n) is 3.50. The summed E-state index contributed by atoms with van der Waals surface area (Å²) < 4.78 is 11.4. The van der Waals surface area contributed by atoms with Crippen LogP contribution in [0.25, 0.3) is 10.8 Å². The molecule has 3 aromatic rings. The average molecular weight is 365 g/mol. The molecule has 0 radical (unpaired) electrons. The van der Waals surface area contributed by atoms with E-state index in [1.165, 1.54) is 0 Å². The molecule has 6 heteroatoms. The summed E-state index contributed by atoms with van der Waals surface area (Å²) in [6.07, 6.45) is 3.56. The summed E-state index contributed by atoms with van der Waals surface area (Å²) in [7, 11) is 1.61. The highest BCUT2D eigenvalue weighted by Gasteiger charge is 2.29. The van der Waals surface area contributed by atoms with Gasteiger partial charge in [-0.3, -0.25) is 9.88 Å². The van der Waals surface area contributed by atoms with Crippen molar-refractivity contribution >= 4 is 10.8 Å². The molecule has 27 heavy (non-hydrogen) atoms. The molecule has 3 heterocycles. The van der Waals surface area contributed by atoms with Crippen molar-refractivity contribution in [1.29, 1.82) is 0 Å². The van der Waals surface area contributed by atoms with Gasteiger partial charge in [0, 0.05) is 48.9 Å². The van der Waals surface area contributed by atoms with Gasteiger partial charge in [0.05, 0.1) is 12.8 Å². The minimum atomic E-state index is -0.554. The lowest BCUT2D eigenvalue weighted by Crippen LogP contribution is -2.48. The Morgan fingerprint density at radius 2 is 2.07 bits per heavy atom. The fraction of sp³-hybridized carbons (Fsp3) is 0.333. The number of likely N-dealkylation sites (tertiary alicyclic amines) is 1. The second-order valence-corrected chi connectivity index (χ2v) is 6.77. The fourth-order valence-corrected chi connectivity index (χ4v) is 3.50. The van der Waals surface area contributed by atoms with Crippen LogP contribution in [-0.4, -0.2) is 52.4 Å². The number of hydrogen-bond donors (Lipinski definition) is 1. The van der Waals surface area contributed by atoms with E-state index in [4.69, 9.17) is 9.47 Å². The zero-order valence-corrected chi connectivity index (χ0v) is 15.3. The lowest BCUT2D eigenvalue weighted by molar-refractivity contribution is -0.0272. The van der Waals surface area contributed by atoms with Crippen LogP contribution < -0.4 is 9.47 Å². The molecule has 6 nitrogen and oxygen atoms in total. The van der Waals surface area contributed by atoms with Crippen molar-refractivity contribution in [3.8, 4) is 11.6 Å². The first-order valence-electron chi connectivity index (χ1n) is 9.12. The molecule has 0 unspecified atom stereocenters. The molecule has 1 saturated heterocycles. The van der Waals surface area contributed by atoms with Crippen LogP contribution in [0.3, 0.4) is 0 Å². The van der Waals surface area contributed by atoms with E-state index in [1.807, 2.05) is 48.7 Å². The Labute approximate surface area is 158 Å². The third kappa shape index (κ3) is 4.02. The van der Waals surface area contributed by atoms with Gasteiger partial charge in [-0.1, -0.05) is 18.2 Å². The van der Waals surface area contributed by atoms with Crippen LogP contribution in [0.2, 0.25) is 0 Å². The normalized spacial score (nSPS) is 20.5. The molecule has 0 spiro atoms. The lowest BCUT2D eigenvalue weighted by atomic mass is 10.0. The molecule has 1 fully saturated rings. The highest BCUT2D eigenvalue weighted by Crippen LogP contribution is 2.28. The van der Waals surface area contributed by atoms with Gasteiger partial charge in [0.1, 0.15) is 18.0 Å². The first-order chi connectivity index (χ1) is 13.2. The second kappa shape index (κ2) is 7.90. The second-order valence-electron chi connectivity index (χ2n) is 6.77. The molecule has 4 rings (SSSR count). The van der Waals surface area contributed by atoms with E-state index >= 15 is 0 Å². The number of benzene rings is 1. The number of aromatic nitrogens is 2. The summed E-state index contributed by atoms with van der Waals surface area (Å²) in [5, 5.41) is 12.7. The van der Waals surface area contributed by atoms with E-state index in [-0.39, 0.29) is 6.10 Å². The van der Waals surface area contributed by atoms with Crippen molar-refractivity contribution in [2.75, 3.05) is 20.2 Å². The Bertz CT molecular complexity index is 913. The number of hydrogen-bond acceptors (Lipinski definition) is 6. The van der Waals surface area contributed by atoms with Crippen LogP contribution >= 0.6 is 0 Å². The molecule has 0 saturated carbocycles. The third-order valence-corrected chi connectivity index (χ3v) is 4.90. The molecule has 0 amide bonds.